The van der Waals surface area contributed by atoms with Gasteiger partial charge in [0.2, 0.25) is 5.91 Å². The summed E-state index contributed by atoms with van der Waals surface area (Å²) in [5.74, 6) is 0.0238. The monoisotopic (exact) mass is 333 g/mol. The number of likely N-dealkylation sites (N-methyl/N-ethyl adjacent to an activating group) is 1. The van der Waals surface area contributed by atoms with Crippen molar-refractivity contribution in [3.63, 3.8) is 0 Å². The minimum Gasteiger partial charge on any atom is -0.373 e. The lowest BCUT2D eigenvalue weighted by molar-refractivity contribution is -0.135. The maximum absolute atomic E-state index is 12.4. The largest absolute Gasteiger partial charge is 0.373 e. The quantitative estimate of drug-likeness (QED) is 0.903. The number of nitrogens with two attached hydrogens (primary N) is 1. The van der Waals surface area contributed by atoms with E-state index in [1.807, 2.05) is 30.9 Å². The minimum atomic E-state index is -0.129. The number of hydrogen-bond donors (Lipinski definition) is 1. The molecule has 2 unspecified atom stereocenters. The van der Waals surface area contributed by atoms with Gasteiger partial charge >= 0.3 is 0 Å². The van der Waals surface area contributed by atoms with Crippen LogP contribution < -0.4 is 10.6 Å². The number of carbonyl (C=O) groups is 1. The summed E-state index contributed by atoms with van der Waals surface area (Å²) in [5.41, 5.74) is 8.26. The smallest absolute Gasteiger partial charge is 0.227 e. The van der Waals surface area contributed by atoms with Gasteiger partial charge in [-0.1, -0.05) is 25.1 Å². The maximum atomic E-state index is 12.4. The van der Waals surface area contributed by atoms with Gasteiger partial charge in [0.05, 0.1) is 5.92 Å². The van der Waals surface area contributed by atoms with E-state index in [9.17, 15) is 4.79 Å². The van der Waals surface area contributed by atoms with Gasteiger partial charge in [-0.15, -0.1) is 24.8 Å². The molecular formula is C15H25Cl2N3O. The first kappa shape index (κ1) is 20.0. The van der Waals surface area contributed by atoms with Crippen molar-refractivity contribution in [1.82, 2.24) is 4.90 Å². The zero-order chi connectivity index (χ0) is 14.0. The third kappa shape index (κ3) is 4.50. The summed E-state index contributed by atoms with van der Waals surface area (Å²) in [6, 6.07) is 8.16. The molecule has 1 aromatic rings. The fraction of sp³-hybridized carbons (Fsp3) is 0.533. The van der Waals surface area contributed by atoms with Crippen LogP contribution in [0.3, 0.4) is 0 Å². The Morgan fingerprint density at radius 3 is 2.43 bits per heavy atom. The lowest BCUT2D eigenvalue weighted by atomic mass is 10.0. The molecule has 0 saturated heterocycles. The predicted molar refractivity (Wildman–Crippen MR) is 92.4 cm³/mol. The Labute approximate surface area is 139 Å². The van der Waals surface area contributed by atoms with Crippen molar-refractivity contribution in [3.8, 4) is 0 Å². The Hall–Kier alpha value is -0.970. The van der Waals surface area contributed by atoms with Gasteiger partial charge < -0.3 is 15.5 Å². The maximum Gasteiger partial charge on any atom is 0.227 e. The van der Waals surface area contributed by atoms with Gasteiger partial charge in [0.1, 0.15) is 0 Å². The van der Waals surface area contributed by atoms with E-state index in [1.165, 1.54) is 11.3 Å². The number of para-hydroxylation sites is 1. The number of hydrogen-bond acceptors (Lipinski definition) is 3. The first-order valence-electron chi connectivity index (χ1n) is 6.84. The molecular weight excluding hydrogens is 309 g/mol. The summed E-state index contributed by atoms with van der Waals surface area (Å²) in [7, 11) is 2.07. The second kappa shape index (κ2) is 8.47. The van der Waals surface area contributed by atoms with Crippen LogP contribution in [0.1, 0.15) is 19.4 Å². The summed E-state index contributed by atoms with van der Waals surface area (Å²) < 4.78 is 0. The highest BCUT2D eigenvalue weighted by atomic mass is 35.5. The first-order chi connectivity index (χ1) is 9.00. The van der Waals surface area contributed by atoms with Crippen molar-refractivity contribution < 1.29 is 4.79 Å². The Morgan fingerprint density at radius 2 is 1.81 bits per heavy atom. The van der Waals surface area contributed by atoms with Crippen molar-refractivity contribution in [2.75, 3.05) is 25.0 Å². The molecule has 0 saturated carbocycles. The highest BCUT2D eigenvalue weighted by Gasteiger charge is 2.26. The standard InChI is InChI=1S/C15H23N3O.2ClH/c1-11(12(2)16)15(19)18-9-8-17(3)14-7-5-4-6-13(14)10-18;;/h4-7,11-12H,8-10,16H2,1-3H3;2*1H. The molecule has 6 heteroatoms. The van der Waals surface area contributed by atoms with Crippen molar-refractivity contribution in [3.05, 3.63) is 29.8 Å². The van der Waals surface area contributed by atoms with E-state index in [2.05, 4.69) is 24.1 Å². The van der Waals surface area contributed by atoms with Gasteiger partial charge in [-0.3, -0.25) is 4.79 Å². The molecule has 0 bridgehead atoms. The number of amides is 1. The van der Waals surface area contributed by atoms with Crippen LogP contribution in [-0.2, 0) is 11.3 Å². The van der Waals surface area contributed by atoms with E-state index in [-0.39, 0.29) is 42.7 Å². The summed E-state index contributed by atoms with van der Waals surface area (Å²) in [5, 5.41) is 0. The molecule has 2 N–H and O–H groups in total. The van der Waals surface area contributed by atoms with Crippen molar-refractivity contribution in [2.24, 2.45) is 11.7 Å². The molecule has 1 amide bonds. The Morgan fingerprint density at radius 1 is 1.19 bits per heavy atom. The van der Waals surface area contributed by atoms with E-state index < -0.39 is 0 Å². The molecule has 0 spiro atoms. The van der Waals surface area contributed by atoms with Crippen LogP contribution in [0.15, 0.2) is 24.3 Å². The highest BCUT2D eigenvalue weighted by Crippen LogP contribution is 2.24. The summed E-state index contributed by atoms with van der Waals surface area (Å²) in [4.78, 5) is 16.6. The lowest BCUT2D eigenvalue weighted by Crippen LogP contribution is -2.42. The van der Waals surface area contributed by atoms with Crippen LogP contribution in [0.5, 0.6) is 0 Å². The van der Waals surface area contributed by atoms with Crippen LogP contribution in [0.4, 0.5) is 5.69 Å². The molecule has 0 aliphatic carbocycles. The summed E-state index contributed by atoms with van der Waals surface area (Å²) in [6.45, 7) is 6.08. The number of anilines is 1. The molecule has 1 heterocycles. The number of rotatable bonds is 2. The fourth-order valence-corrected chi connectivity index (χ4v) is 2.39. The molecule has 2 atom stereocenters. The Bertz CT molecular complexity index is 468. The molecule has 1 aliphatic heterocycles. The van der Waals surface area contributed by atoms with E-state index in [4.69, 9.17) is 5.73 Å². The number of nitrogens with zero attached hydrogens (tertiary/aromatic N) is 2. The third-order valence-corrected chi connectivity index (χ3v) is 3.96. The van der Waals surface area contributed by atoms with Gasteiger partial charge in [-0.05, 0) is 18.6 Å². The van der Waals surface area contributed by atoms with Crippen LogP contribution in [0.25, 0.3) is 0 Å². The zero-order valence-electron chi connectivity index (χ0n) is 12.8. The predicted octanol–water partition coefficient (Wildman–Crippen LogP) is 2.29. The summed E-state index contributed by atoms with van der Waals surface area (Å²) in [6.07, 6.45) is 0. The number of fused-ring (bicyclic) bond motifs is 1. The molecule has 0 fully saturated rings. The molecule has 120 valence electrons. The fourth-order valence-electron chi connectivity index (χ4n) is 2.39. The van der Waals surface area contributed by atoms with Crippen LogP contribution >= 0.6 is 24.8 Å². The van der Waals surface area contributed by atoms with Gasteiger partial charge in [0, 0.05) is 38.4 Å². The van der Waals surface area contributed by atoms with E-state index in [0.717, 1.165) is 13.1 Å². The zero-order valence-corrected chi connectivity index (χ0v) is 14.4. The van der Waals surface area contributed by atoms with Gasteiger partial charge in [0.25, 0.3) is 0 Å². The molecule has 21 heavy (non-hydrogen) atoms. The van der Waals surface area contributed by atoms with Gasteiger partial charge in [-0.2, -0.15) is 0 Å². The van der Waals surface area contributed by atoms with Crippen molar-refractivity contribution in [2.45, 2.75) is 26.4 Å². The molecule has 2 rings (SSSR count). The van der Waals surface area contributed by atoms with E-state index in [1.54, 1.807) is 0 Å². The van der Waals surface area contributed by atoms with Gasteiger partial charge in [0.15, 0.2) is 0 Å². The third-order valence-electron chi connectivity index (χ3n) is 3.96. The number of benzene rings is 1. The van der Waals surface area contributed by atoms with Crippen LogP contribution in [0.2, 0.25) is 0 Å². The second-order valence-corrected chi connectivity index (χ2v) is 5.46. The topological polar surface area (TPSA) is 49.6 Å². The normalized spacial score (nSPS) is 16.8. The molecule has 1 aliphatic rings. The Balaban J connectivity index is 0.00000200. The molecule has 0 aromatic heterocycles. The van der Waals surface area contributed by atoms with Crippen LogP contribution in [-0.4, -0.2) is 37.0 Å². The number of carbonyl (C=O) groups excluding carboxylic acids is 1. The van der Waals surface area contributed by atoms with Crippen LogP contribution in [0, 0.1) is 5.92 Å². The average Bonchev–Trinajstić information content (AvgIpc) is 2.57. The second-order valence-electron chi connectivity index (χ2n) is 5.46. The highest BCUT2D eigenvalue weighted by molar-refractivity contribution is 5.85. The van der Waals surface area contributed by atoms with Crippen molar-refractivity contribution in [1.29, 1.82) is 0 Å². The molecule has 0 radical (unpaired) electrons. The van der Waals surface area contributed by atoms with E-state index in [0.29, 0.717) is 6.54 Å². The lowest BCUT2D eigenvalue weighted by Gasteiger charge is -2.26. The molecule has 4 nitrogen and oxygen atoms in total. The van der Waals surface area contributed by atoms with Gasteiger partial charge in [-0.25, -0.2) is 0 Å². The van der Waals surface area contributed by atoms with E-state index >= 15 is 0 Å². The molecule has 1 aromatic carbocycles. The first-order valence-corrected chi connectivity index (χ1v) is 6.84. The SMILES string of the molecule is CC(N)C(C)C(=O)N1CCN(C)c2ccccc2C1.Cl.Cl. The average molecular weight is 334 g/mol. The van der Waals surface area contributed by atoms with Crippen molar-refractivity contribution >= 4 is 36.4 Å². The Kier molecular flexibility index (Phi) is 8.08. The number of halogens is 2. The summed E-state index contributed by atoms with van der Waals surface area (Å²) >= 11 is 0. The minimum absolute atomic E-state index is 0.